The van der Waals surface area contributed by atoms with Crippen LogP contribution >= 0.6 is 34.8 Å². The third kappa shape index (κ3) is 4.66. The Balaban J connectivity index is 2.02. The summed E-state index contributed by atoms with van der Waals surface area (Å²) in [6, 6.07) is 2.58. The average molecular weight is 401 g/mol. The van der Waals surface area contributed by atoms with Gasteiger partial charge in [0.1, 0.15) is 5.75 Å². The highest BCUT2D eigenvalue weighted by molar-refractivity contribution is 7.91. The van der Waals surface area contributed by atoms with Gasteiger partial charge in [0.2, 0.25) is 0 Å². The minimum absolute atomic E-state index is 0.000108. The molecular weight excluding hydrogens is 385 g/mol. The molecule has 1 aromatic carbocycles. The molecule has 5 nitrogen and oxygen atoms in total. The Hall–Kier alpha value is -0.690. The number of rotatable bonds is 5. The van der Waals surface area contributed by atoms with Gasteiger partial charge in [0.05, 0.1) is 26.6 Å². The van der Waals surface area contributed by atoms with E-state index >= 15 is 0 Å². The van der Waals surface area contributed by atoms with Crippen LogP contribution in [0.3, 0.4) is 0 Å². The van der Waals surface area contributed by atoms with Gasteiger partial charge in [-0.3, -0.25) is 4.79 Å². The lowest BCUT2D eigenvalue weighted by molar-refractivity contribution is -0.135. The summed E-state index contributed by atoms with van der Waals surface area (Å²) < 4.78 is 28.5. The lowest BCUT2D eigenvalue weighted by Crippen LogP contribution is -2.43. The molecule has 0 spiro atoms. The van der Waals surface area contributed by atoms with Crippen LogP contribution in [0.25, 0.3) is 0 Å². The quantitative estimate of drug-likeness (QED) is 0.713. The molecule has 1 aromatic rings. The molecular formula is C14H16Cl3NO4S. The molecule has 0 aromatic heterocycles. The standard InChI is InChI=1S/C14H16Cl3NO4S/c1-2-18(9-3-4-23(20,21)8-9)14(19)7-22-13-6-11(16)10(15)5-12(13)17/h5-6,9H,2-4,7-8H2,1H3/t9-/m1/s1. The van der Waals surface area contributed by atoms with Crippen molar-refractivity contribution in [3.05, 3.63) is 27.2 Å². The van der Waals surface area contributed by atoms with Crippen molar-refractivity contribution < 1.29 is 17.9 Å². The van der Waals surface area contributed by atoms with Crippen molar-refractivity contribution in [2.75, 3.05) is 24.7 Å². The third-order valence-electron chi connectivity index (χ3n) is 3.64. The zero-order valence-corrected chi connectivity index (χ0v) is 15.5. The second-order valence-corrected chi connectivity index (χ2v) is 8.67. The molecule has 0 bridgehead atoms. The molecule has 1 aliphatic rings. The fourth-order valence-electron chi connectivity index (χ4n) is 2.50. The Kier molecular flexibility index (Phi) is 6.05. The Labute approximate surface area is 150 Å². The summed E-state index contributed by atoms with van der Waals surface area (Å²) in [4.78, 5) is 13.8. The van der Waals surface area contributed by atoms with Gasteiger partial charge in [-0.15, -0.1) is 0 Å². The summed E-state index contributed by atoms with van der Waals surface area (Å²) in [7, 11) is -3.06. The van der Waals surface area contributed by atoms with E-state index in [2.05, 4.69) is 0 Å². The van der Waals surface area contributed by atoms with E-state index in [9.17, 15) is 13.2 Å². The van der Waals surface area contributed by atoms with Crippen molar-refractivity contribution in [3.63, 3.8) is 0 Å². The van der Waals surface area contributed by atoms with E-state index in [0.29, 0.717) is 18.0 Å². The predicted octanol–water partition coefficient (Wildman–Crippen LogP) is 3.06. The number of amides is 1. The number of nitrogens with zero attached hydrogens (tertiary/aromatic N) is 1. The van der Waals surface area contributed by atoms with Gasteiger partial charge < -0.3 is 9.64 Å². The smallest absolute Gasteiger partial charge is 0.260 e. The molecule has 1 atom stereocenters. The number of ether oxygens (including phenoxy) is 1. The minimum Gasteiger partial charge on any atom is -0.482 e. The van der Waals surface area contributed by atoms with Crippen molar-refractivity contribution in [2.45, 2.75) is 19.4 Å². The van der Waals surface area contributed by atoms with Gasteiger partial charge in [-0.2, -0.15) is 0 Å². The maximum absolute atomic E-state index is 12.3. The maximum Gasteiger partial charge on any atom is 0.260 e. The largest absolute Gasteiger partial charge is 0.482 e. The predicted molar refractivity (Wildman–Crippen MR) is 91.4 cm³/mol. The molecule has 128 valence electrons. The number of sulfone groups is 1. The van der Waals surface area contributed by atoms with Crippen LogP contribution in [0.4, 0.5) is 0 Å². The van der Waals surface area contributed by atoms with Crippen LogP contribution in [0, 0.1) is 0 Å². The number of likely N-dealkylation sites (N-methyl/N-ethyl adjacent to an activating group) is 1. The van der Waals surface area contributed by atoms with E-state index in [-0.39, 0.29) is 45.9 Å². The fraction of sp³-hybridized carbons (Fsp3) is 0.500. The first kappa shape index (κ1) is 18.6. The molecule has 0 aliphatic carbocycles. The molecule has 1 heterocycles. The first-order valence-electron chi connectivity index (χ1n) is 7.00. The van der Waals surface area contributed by atoms with Gasteiger partial charge in [0.25, 0.3) is 5.91 Å². The fourth-order valence-corrected chi connectivity index (χ4v) is 4.82. The Morgan fingerprint density at radius 3 is 2.48 bits per heavy atom. The number of carbonyl (C=O) groups excluding carboxylic acids is 1. The molecule has 0 saturated carbocycles. The van der Waals surface area contributed by atoms with Gasteiger partial charge in [0.15, 0.2) is 16.4 Å². The van der Waals surface area contributed by atoms with E-state index in [1.807, 2.05) is 0 Å². The lowest BCUT2D eigenvalue weighted by Gasteiger charge is -2.26. The van der Waals surface area contributed by atoms with Gasteiger partial charge in [-0.1, -0.05) is 34.8 Å². The summed E-state index contributed by atoms with van der Waals surface area (Å²) in [5.74, 6) is 0.0716. The molecule has 23 heavy (non-hydrogen) atoms. The number of carbonyl (C=O) groups is 1. The van der Waals surface area contributed by atoms with E-state index in [1.54, 1.807) is 6.92 Å². The van der Waals surface area contributed by atoms with Crippen molar-refractivity contribution in [2.24, 2.45) is 0 Å². The maximum atomic E-state index is 12.3. The molecule has 0 radical (unpaired) electrons. The minimum atomic E-state index is -3.06. The molecule has 1 fully saturated rings. The Bertz CT molecular complexity index is 708. The van der Waals surface area contributed by atoms with E-state index in [0.717, 1.165) is 0 Å². The normalized spacial score (nSPS) is 19.6. The van der Waals surface area contributed by atoms with Gasteiger partial charge in [-0.05, 0) is 19.4 Å². The number of benzene rings is 1. The van der Waals surface area contributed by atoms with Crippen LogP contribution in [-0.4, -0.2) is 49.9 Å². The van der Waals surface area contributed by atoms with Crippen LogP contribution in [0.2, 0.25) is 15.1 Å². The van der Waals surface area contributed by atoms with Crippen molar-refractivity contribution in [3.8, 4) is 5.75 Å². The summed E-state index contributed by atoms with van der Waals surface area (Å²) >= 11 is 17.7. The molecule has 2 rings (SSSR count). The first-order chi connectivity index (χ1) is 10.7. The number of halogens is 3. The van der Waals surface area contributed by atoms with Crippen molar-refractivity contribution in [1.82, 2.24) is 4.90 Å². The Morgan fingerprint density at radius 1 is 1.26 bits per heavy atom. The van der Waals surface area contributed by atoms with E-state index in [4.69, 9.17) is 39.5 Å². The number of hydrogen-bond donors (Lipinski definition) is 0. The topological polar surface area (TPSA) is 63.7 Å². The van der Waals surface area contributed by atoms with E-state index < -0.39 is 9.84 Å². The molecule has 0 N–H and O–H groups in total. The van der Waals surface area contributed by atoms with Crippen LogP contribution in [-0.2, 0) is 14.6 Å². The lowest BCUT2D eigenvalue weighted by atomic mass is 10.2. The highest BCUT2D eigenvalue weighted by Crippen LogP contribution is 2.33. The Morgan fingerprint density at radius 2 is 1.91 bits per heavy atom. The SMILES string of the molecule is CCN(C(=O)COc1cc(Cl)c(Cl)cc1Cl)[C@@H]1CCS(=O)(=O)C1. The highest BCUT2D eigenvalue weighted by Gasteiger charge is 2.34. The summed E-state index contributed by atoms with van der Waals surface area (Å²) in [6.07, 6.45) is 0.454. The van der Waals surface area contributed by atoms with Crippen LogP contribution in [0.15, 0.2) is 12.1 Å². The number of hydrogen-bond acceptors (Lipinski definition) is 4. The third-order valence-corrected chi connectivity index (χ3v) is 6.40. The molecule has 1 aliphatic heterocycles. The van der Waals surface area contributed by atoms with Crippen molar-refractivity contribution >= 4 is 50.5 Å². The highest BCUT2D eigenvalue weighted by atomic mass is 35.5. The second kappa shape index (κ2) is 7.47. The summed E-state index contributed by atoms with van der Waals surface area (Å²) in [6.45, 7) is 1.97. The zero-order chi connectivity index (χ0) is 17.2. The van der Waals surface area contributed by atoms with Crippen LogP contribution in [0.5, 0.6) is 5.75 Å². The second-order valence-electron chi connectivity index (χ2n) is 5.22. The molecule has 9 heteroatoms. The van der Waals surface area contributed by atoms with Crippen LogP contribution < -0.4 is 4.74 Å². The monoisotopic (exact) mass is 399 g/mol. The van der Waals surface area contributed by atoms with Gasteiger partial charge >= 0.3 is 0 Å². The zero-order valence-electron chi connectivity index (χ0n) is 12.4. The summed E-state index contributed by atoms with van der Waals surface area (Å²) in [5, 5.41) is 0.813. The molecule has 0 unspecified atom stereocenters. The van der Waals surface area contributed by atoms with Crippen LogP contribution in [0.1, 0.15) is 13.3 Å². The average Bonchev–Trinajstić information content (AvgIpc) is 2.82. The van der Waals surface area contributed by atoms with Crippen molar-refractivity contribution in [1.29, 1.82) is 0 Å². The summed E-state index contributed by atoms with van der Waals surface area (Å²) in [5.41, 5.74) is 0. The van der Waals surface area contributed by atoms with Gasteiger partial charge in [0, 0.05) is 18.7 Å². The molecule has 1 saturated heterocycles. The molecule has 1 amide bonds. The van der Waals surface area contributed by atoms with Gasteiger partial charge in [-0.25, -0.2) is 8.42 Å². The first-order valence-corrected chi connectivity index (χ1v) is 9.96. The van der Waals surface area contributed by atoms with E-state index in [1.165, 1.54) is 17.0 Å².